The first-order valence-electron chi connectivity index (χ1n) is 7.88. The van der Waals surface area contributed by atoms with Gasteiger partial charge < -0.3 is 4.74 Å². The van der Waals surface area contributed by atoms with Crippen molar-refractivity contribution in [3.05, 3.63) is 66.0 Å². The number of rotatable bonds is 4. The maximum absolute atomic E-state index is 12.5. The van der Waals surface area contributed by atoms with Crippen LogP contribution in [0.5, 0.6) is 0 Å². The molecule has 23 heavy (non-hydrogen) atoms. The zero-order valence-electron chi connectivity index (χ0n) is 13.8. The van der Waals surface area contributed by atoms with Gasteiger partial charge in [0.15, 0.2) is 0 Å². The molecular formula is C19H22N2O2. The summed E-state index contributed by atoms with van der Waals surface area (Å²) in [4.78, 5) is 18.9. The Morgan fingerprint density at radius 2 is 1.91 bits per heavy atom. The van der Waals surface area contributed by atoms with Gasteiger partial charge in [0.1, 0.15) is 11.6 Å². The number of nitrogens with zero attached hydrogens (tertiary/aromatic N) is 2. The highest BCUT2D eigenvalue weighted by molar-refractivity contribution is 5.81. The van der Waals surface area contributed by atoms with E-state index < -0.39 is 5.60 Å². The monoisotopic (exact) mass is 310 g/mol. The minimum atomic E-state index is -0.475. The van der Waals surface area contributed by atoms with E-state index in [2.05, 4.69) is 22.0 Å². The fraction of sp³-hybridized carbons (Fsp3) is 0.368. The molecule has 0 saturated carbocycles. The van der Waals surface area contributed by atoms with E-state index in [9.17, 15) is 4.79 Å². The van der Waals surface area contributed by atoms with Gasteiger partial charge in [-0.05, 0) is 38.0 Å². The second-order valence-electron chi connectivity index (χ2n) is 6.87. The molecule has 4 heteroatoms. The van der Waals surface area contributed by atoms with Crippen LogP contribution in [0.1, 0.15) is 37.9 Å². The Bertz CT molecular complexity index is 665. The van der Waals surface area contributed by atoms with E-state index in [1.807, 2.05) is 57.3 Å². The highest BCUT2D eigenvalue weighted by atomic mass is 16.6. The highest BCUT2D eigenvalue weighted by Crippen LogP contribution is 2.45. The van der Waals surface area contributed by atoms with E-state index in [0.717, 1.165) is 12.1 Å². The molecule has 1 fully saturated rings. The number of carbonyl (C=O) groups is 1. The summed E-state index contributed by atoms with van der Waals surface area (Å²) in [6.45, 7) is 6.42. The molecule has 3 unspecified atom stereocenters. The van der Waals surface area contributed by atoms with Crippen molar-refractivity contribution in [2.24, 2.45) is 0 Å². The molecule has 2 heterocycles. The van der Waals surface area contributed by atoms with Crippen molar-refractivity contribution >= 4 is 5.97 Å². The van der Waals surface area contributed by atoms with Crippen LogP contribution in [0.25, 0.3) is 0 Å². The second kappa shape index (κ2) is 6.13. The summed E-state index contributed by atoms with van der Waals surface area (Å²) in [6.07, 6.45) is 3.57. The lowest BCUT2D eigenvalue weighted by atomic mass is 10.1. The molecule has 1 aliphatic heterocycles. The van der Waals surface area contributed by atoms with Crippen molar-refractivity contribution in [1.29, 1.82) is 0 Å². The smallest absolute Gasteiger partial charge is 0.325 e. The van der Waals surface area contributed by atoms with Crippen molar-refractivity contribution in [1.82, 2.24) is 9.88 Å². The maximum Gasteiger partial charge on any atom is 0.325 e. The van der Waals surface area contributed by atoms with Crippen molar-refractivity contribution in [2.45, 2.75) is 45.0 Å². The lowest BCUT2D eigenvalue weighted by Gasteiger charge is -2.19. The van der Waals surface area contributed by atoms with Crippen LogP contribution in [0.2, 0.25) is 0 Å². The van der Waals surface area contributed by atoms with Gasteiger partial charge in [-0.25, -0.2) is 0 Å². The summed E-state index contributed by atoms with van der Waals surface area (Å²) in [5, 5.41) is 0. The Hall–Kier alpha value is -2.20. The van der Waals surface area contributed by atoms with E-state index in [1.165, 1.54) is 5.56 Å². The Labute approximate surface area is 137 Å². The van der Waals surface area contributed by atoms with Gasteiger partial charge in [0, 0.05) is 18.9 Å². The molecule has 1 aromatic carbocycles. The first-order chi connectivity index (χ1) is 11.0. The van der Waals surface area contributed by atoms with Gasteiger partial charge in [0.05, 0.1) is 6.04 Å². The third kappa shape index (κ3) is 3.77. The van der Waals surface area contributed by atoms with Crippen molar-refractivity contribution in [3.63, 3.8) is 0 Å². The van der Waals surface area contributed by atoms with E-state index in [4.69, 9.17) is 4.74 Å². The molecule has 1 aliphatic rings. The van der Waals surface area contributed by atoms with Crippen LogP contribution in [0.4, 0.5) is 0 Å². The van der Waals surface area contributed by atoms with E-state index in [1.54, 1.807) is 6.20 Å². The Balaban J connectivity index is 1.79. The molecule has 120 valence electrons. The maximum atomic E-state index is 12.5. The molecule has 0 N–H and O–H groups in total. The minimum Gasteiger partial charge on any atom is -0.459 e. The highest BCUT2D eigenvalue weighted by Gasteiger charge is 2.54. The lowest BCUT2D eigenvalue weighted by molar-refractivity contribution is -0.155. The molecule has 0 radical (unpaired) electrons. The molecule has 0 amide bonds. The topological polar surface area (TPSA) is 42.2 Å². The number of esters is 1. The van der Waals surface area contributed by atoms with Crippen LogP contribution in [0, 0.1) is 0 Å². The molecule has 0 spiro atoms. The summed E-state index contributed by atoms with van der Waals surface area (Å²) >= 11 is 0. The number of pyridine rings is 1. The van der Waals surface area contributed by atoms with Crippen LogP contribution in [0.3, 0.4) is 0 Å². The fourth-order valence-corrected chi connectivity index (χ4v) is 2.82. The van der Waals surface area contributed by atoms with Crippen molar-refractivity contribution < 1.29 is 9.53 Å². The zero-order chi connectivity index (χ0) is 16.4. The molecule has 0 bridgehead atoms. The number of hydrogen-bond acceptors (Lipinski definition) is 4. The number of hydrogen-bond donors (Lipinski definition) is 0. The van der Waals surface area contributed by atoms with Crippen LogP contribution < -0.4 is 0 Å². The Kier molecular flexibility index (Phi) is 4.18. The van der Waals surface area contributed by atoms with Crippen molar-refractivity contribution in [2.75, 3.05) is 0 Å². The van der Waals surface area contributed by atoms with E-state index in [-0.39, 0.29) is 18.1 Å². The molecule has 0 aliphatic carbocycles. The SMILES string of the molecule is CC(C)(C)OC(=O)C1C(c2cccnc2)N1Cc1ccccc1. The third-order valence-electron chi connectivity index (χ3n) is 3.81. The quantitative estimate of drug-likeness (QED) is 0.641. The zero-order valence-corrected chi connectivity index (χ0v) is 13.8. The van der Waals surface area contributed by atoms with Crippen LogP contribution in [0.15, 0.2) is 54.9 Å². The Morgan fingerprint density at radius 1 is 1.17 bits per heavy atom. The molecule has 3 rings (SSSR count). The van der Waals surface area contributed by atoms with Gasteiger partial charge in [-0.2, -0.15) is 0 Å². The number of carbonyl (C=O) groups excluding carboxylic acids is 1. The average Bonchev–Trinajstić information content (AvgIpc) is 3.21. The number of ether oxygens (including phenoxy) is 1. The normalized spacial score (nSPS) is 23.3. The van der Waals surface area contributed by atoms with Gasteiger partial charge >= 0.3 is 5.97 Å². The minimum absolute atomic E-state index is 0.0405. The standard InChI is InChI=1S/C19H22N2O2/c1-19(2,3)23-18(22)17-16(15-10-7-11-20-12-15)21(17)13-14-8-5-4-6-9-14/h4-12,16-17H,13H2,1-3H3. The molecule has 3 atom stereocenters. The van der Waals surface area contributed by atoms with Crippen LogP contribution >= 0.6 is 0 Å². The van der Waals surface area contributed by atoms with Gasteiger partial charge in [0.2, 0.25) is 0 Å². The van der Waals surface area contributed by atoms with E-state index >= 15 is 0 Å². The molecule has 1 saturated heterocycles. The first-order valence-corrected chi connectivity index (χ1v) is 7.88. The predicted molar refractivity (Wildman–Crippen MR) is 88.6 cm³/mol. The van der Waals surface area contributed by atoms with Crippen molar-refractivity contribution in [3.8, 4) is 0 Å². The van der Waals surface area contributed by atoms with Gasteiger partial charge in [0.25, 0.3) is 0 Å². The predicted octanol–water partition coefficient (Wildman–Crippen LogP) is 3.35. The Morgan fingerprint density at radius 3 is 2.52 bits per heavy atom. The largest absolute Gasteiger partial charge is 0.459 e. The van der Waals surface area contributed by atoms with Gasteiger partial charge in [-0.1, -0.05) is 36.4 Å². The summed E-state index contributed by atoms with van der Waals surface area (Å²) in [5.41, 5.74) is 1.77. The summed E-state index contributed by atoms with van der Waals surface area (Å²) in [6, 6.07) is 13.9. The summed E-state index contributed by atoms with van der Waals surface area (Å²) in [7, 11) is 0. The lowest BCUT2D eigenvalue weighted by Crippen LogP contribution is -2.28. The third-order valence-corrected chi connectivity index (χ3v) is 3.81. The molecule has 1 aromatic heterocycles. The van der Waals surface area contributed by atoms with Gasteiger partial charge in [-0.15, -0.1) is 0 Å². The molecule has 4 nitrogen and oxygen atoms in total. The summed E-state index contributed by atoms with van der Waals surface area (Å²) < 4.78 is 5.58. The fourth-order valence-electron chi connectivity index (χ4n) is 2.82. The first kappa shape index (κ1) is 15.7. The summed E-state index contributed by atoms with van der Waals surface area (Å²) in [5.74, 6) is -0.165. The number of benzene rings is 1. The second-order valence-corrected chi connectivity index (χ2v) is 6.87. The average molecular weight is 310 g/mol. The molecular weight excluding hydrogens is 288 g/mol. The van der Waals surface area contributed by atoms with E-state index in [0.29, 0.717) is 0 Å². The molecule has 2 aromatic rings. The number of aromatic nitrogens is 1. The van der Waals surface area contributed by atoms with Crippen LogP contribution in [-0.2, 0) is 16.1 Å². The van der Waals surface area contributed by atoms with Crippen LogP contribution in [-0.4, -0.2) is 27.5 Å². The van der Waals surface area contributed by atoms with Gasteiger partial charge in [-0.3, -0.25) is 14.7 Å².